The number of ether oxygens (including phenoxy) is 1. The van der Waals surface area contributed by atoms with Gasteiger partial charge in [0.25, 0.3) is 0 Å². The first kappa shape index (κ1) is 14.4. The summed E-state index contributed by atoms with van der Waals surface area (Å²) in [4.78, 5) is 4.48. The van der Waals surface area contributed by atoms with Crippen LogP contribution in [-0.2, 0) is 4.74 Å². The molecular weight excluding hydrogens is 238 g/mol. The lowest BCUT2D eigenvalue weighted by Gasteiger charge is -2.61. The molecule has 2 aliphatic carbocycles. The Labute approximate surface area is 116 Å². The molecule has 2 unspecified atom stereocenters. The standard InChI is InChI=1S/C15H27N3O/c1-4-10-17-14(16-5-2)18-12-11-13(19-6-3)15(12)8-7-9-15/h4,12-13H,1,5-11H2,2-3H3,(H2,16,17,18). The van der Waals surface area contributed by atoms with E-state index >= 15 is 0 Å². The molecule has 4 nitrogen and oxygen atoms in total. The number of aliphatic imine (C=N–C) groups is 1. The second kappa shape index (κ2) is 6.42. The SMILES string of the molecule is C=CCN=C(NCC)NC1CC(OCC)C12CCC2. The van der Waals surface area contributed by atoms with Crippen molar-refractivity contribution < 1.29 is 4.74 Å². The third kappa shape index (κ3) is 2.78. The van der Waals surface area contributed by atoms with E-state index in [-0.39, 0.29) is 0 Å². The largest absolute Gasteiger partial charge is 0.378 e. The molecule has 2 aliphatic rings. The average molecular weight is 265 g/mol. The topological polar surface area (TPSA) is 45.7 Å². The zero-order valence-corrected chi connectivity index (χ0v) is 12.2. The summed E-state index contributed by atoms with van der Waals surface area (Å²) < 4.78 is 5.87. The predicted octanol–water partition coefficient (Wildman–Crippen LogP) is 2.08. The summed E-state index contributed by atoms with van der Waals surface area (Å²) in [6.45, 7) is 10.3. The molecule has 0 aromatic heterocycles. The maximum atomic E-state index is 5.87. The van der Waals surface area contributed by atoms with Crippen LogP contribution in [0.5, 0.6) is 0 Å². The Morgan fingerprint density at radius 1 is 1.47 bits per heavy atom. The van der Waals surface area contributed by atoms with Crippen LogP contribution in [0, 0.1) is 5.41 Å². The van der Waals surface area contributed by atoms with Crippen molar-refractivity contribution in [3.8, 4) is 0 Å². The van der Waals surface area contributed by atoms with Crippen molar-refractivity contribution in [2.24, 2.45) is 10.4 Å². The zero-order valence-electron chi connectivity index (χ0n) is 12.2. The van der Waals surface area contributed by atoms with Crippen LogP contribution >= 0.6 is 0 Å². The fourth-order valence-electron chi connectivity index (χ4n) is 3.28. The maximum absolute atomic E-state index is 5.87. The average Bonchev–Trinajstić information content (AvgIpc) is 2.32. The number of nitrogens with one attached hydrogen (secondary N) is 2. The van der Waals surface area contributed by atoms with Crippen molar-refractivity contribution in [2.75, 3.05) is 19.7 Å². The van der Waals surface area contributed by atoms with Crippen molar-refractivity contribution in [2.45, 2.75) is 51.7 Å². The van der Waals surface area contributed by atoms with E-state index in [9.17, 15) is 0 Å². The fourth-order valence-corrected chi connectivity index (χ4v) is 3.28. The van der Waals surface area contributed by atoms with Gasteiger partial charge in [-0.1, -0.05) is 12.5 Å². The number of hydrogen-bond acceptors (Lipinski definition) is 2. The lowest BCUT2D eigenvalue weighted by Crippen LogP contribution is -2.68. The second-order valence-corrected chi connectivity index (χ2v) is 5.47. The van der Waals surface area contributed by atoms with E-state index in [4.69, 9.17) is 4.74 Å². The Kier molecular flexibility index (Phi) is 4.86. The molecule has 19 heavy (non-hydrogen) atoms. The highest BCUT2D eigenvalue weighted by Gasteiger charge is 2.59. The molecule has 0 aliphatic heterocycles. The van der Waals surface area contributed by atoms with Crippen LogP contribution in [0.25, 0.3) is 0 Å². The van der Waals surface area contributed by atoms with Gasteiger partial charge in [-0.25, -0.2) is 4.99 Å². The molecule has 2 fully saturated rings. The first-order valence-corrected chi connectivity index (χ1v) is 7.54. The van der Waals surface area contributed by atoms with Crippen LogP contribution in [0.4, 0.5) is 0 Å². The minimum atomic E-state index is 0.375. The predicted molar refractivity (Wildman–Crippen MR) is 79.4 cm³/mol. The maximum Gasteiger partial charge on any atom is 0.191 e. The summed E-state index contributed by atoms with van der Waals surface area (Å²) in [5.41, 5.74) is 0.375. The first-order chi connectivity index (χ1) is 9.26. The van der Waals surface area contributed by atoms with Gasteiger partial charge in [-0.3, -0.25) is 0 Å². The Bertz CT molecular complexity index is 336. The van der Waals surface area contributed by atoms with Crippen LogP contribution in [-0.4, -0.2) is 37.8 Å². The van der Waals surface area contributed by atoms with Crippen molar-refractivity contribution in [1.29, 1.82) is 0 Å². The molecule has 4 heteroatoms. The Balaban J connectivity index is 1.93. The van der Waals surface area contributed by atoms with E-state index in [1.165, 1.54) is 19.3 Å². The molecule has 2 saturated carbocycles. The molecule has 0 bridgehead atoms. The van der Waals surface area contributed by atoms with E-state index in [1.807, 2.05) is 6.08 Å². The van der Waals surface area contributed by atoms with Gasteiger partial charge in [0.15, 0.2) is 5.96 Å². The molecule has 2 N–H and O–H groups in total. The zero-order chi connectivity index (χ0) is 13.7. The Morgan fingerprint density at radius 3 is 2.79 bits per heavy atom. The third-order valence-electron chi connectivity index (χ3n) is 4.47. The van der Waals surface area contributed by atoms with Gasteiger partial charge in [0.2, 0.25) is 0 Å². The minimum Gasteiger partial charge on any atom is -0.378 e. The van der Waals surface area contributed by atoms with Crippen LogP contribution in [0.2, 0.25) is 0 Å². The van der Waals surface area contributed by atoms with Crippen LogP contribution < -0.4 is 10.6 Å². The summed E-state index contributed by atoms with van der Waals surface area (Å²) in [7, 11) is 0. The molecular formula is C15H27N3O. The van der Waals surface area contributed by atoms with Gasteiger partial charge in [0.05, 0.1) is 12.6 Å². The molecule has 0 amide bonds. The van der Waals surface area contributed by atoms with E-state index in [2.05, 4.69) is 36.1 Å². The highest BCUT2D eigenvalue weighted by molar-refractivity contribution is 5.80. The van der Waals surface area contributed by atoms with E-state index in [0.717, 1.165) is 25.5 Å². The quantitative estimate of drug-likeness (QED) is 0.439. The highest BCUT2D eigenvalue weighted by atomic mass is 16.5. The van der Waals surface area contributed by atoms with Gasteiger partial charge in [0.1, 0.15) is 0 Å². The number of rotatable bonds is 6. The van der Waals surface area contributed by atoms with Crippen LogP contribution in [0.3, 0.4) is 0 Å². The summed E-state index contributed by atoms with van der Waals surface area (Å²) in [5.74, 6) is 0.911. The summed E-state index contributed by atoms with van der Waals surface area (Å²) in [6, 6.07) is 0.514. The van der Waals surface area contributed by atoms with Gasteiger partial charge >= 0.3 is 0 Å². The number of guanidine groups is 1. The molecule has 0 aromatic rings. The van der Waals surface area contributed by atoms with Crippen LogP contribution in [0.1, 0.15) is 39.5 Å². The smallest absolute Gasteiger partial charge is 0.191 e. The normalized spacial score (nSPS) is 28.4. The lowest BCUT2D eigenvalue weighted by atomic mass is 9.51. The summed E-state index contributed by atoms with van der Waals surface area (Å²) in [5, 5.41) is 6.88. The van der Waals surface area contributed by atoms with Gasteiger partial charge < -0.3 is 15.4 Å². The van der Waals surface area contributed by atoms with Crippen molar-refractivity contribution >= 4 is 5.96 Å². The summed E-state index contributed by atoms with van der Waals surface area (Å²) in [6.07, 6.45) is 7.29. The molecule has 0 saturated heterocycles. The first-order valence-electron chi connectivity index (χ1n) is 7.54. The van der Waals surface area contributed by atoms with Gasteiger partial charge in [0, 0.05) is 24.6 Å². The Morgan fingerprint density at radius 2 is 2.26 bits per heavy atom. The third-order valence-corrected chi connectivity index (χ3v) is 4.47. The van der Waals surface area contributed by atoms with E-state index in [1.54, 1.807) is 0 Å². The van der Waals surface area contributed by atoms with Gasteiger partial charge in [-0.15, -0.1) is 6.58 Å². The molecule has 108 valence electrons. The monoisotopic (exact) mass is 265 g/mol. The lowest BCUT2D eigenvalue weighted by molar-refractivity contribution is -0.168. The molecule has 2 rings (SSSR count). The van der Waals surface area contributed by atoms with Gasteiger partial charge in [-0.2, -0.15) is 0 Å². The van der Waals surface area contributed by atoms with Crippen molar-refractivity contribution in [3.05, 3.63) is 12.7 Å². The molecule has 0 aromatic carbocycles. The molecule has 1 spiro atoms. The second-order valence-electron chi connectivity index (χ2n) is 5.47. The fraction of sp³-hybridized carbons (Fsp3) is 0.800. The highest BCUT2D eigenvalue weighted by Crippen LogP contribution is 2.57. The van der Waals surface area contributed by atoms with E-state index < -0.39 is 0 Å². The summed E-state index contributed by atoms with van der Waals surface area (Å²) >= 11 is 0. The van der Waals surface area contributed by atoms with E-state index in [0.29, 0.717) is 24.1 Å². The molecule has 2 atom stereocenters. The number of nitrogens with zero attached hydrogens (tertiary/aromatic N) is 1. The molecule has 0 radical (unpaired) electrons. The van der Waals surface area contributed by atoms with Crippen molar-refractivity contribution in [3.63, 3.8) is 0 Å². The minimum absolute atomic E-state index is 0.375. The molecule has 0 heterocycles. The van der Waals surface area contributed by atoms with Crippen molar-refractivity contribution in [1.82, 2.24) is 10.6 Å². The number of hydrogen-bond donors (Lipinski definition) is 2. The van der Waals surface area contributed by atoms with Crippen LogP contribution in [0.15, 0.2) is 17.6 Å². The van der Waals surface area contributed by atoms with Gasteiger partial charge in [-0.05, 0) is 33.1 Å². The Hall–Kier alpha value is -1.03.